The minimum Gasteiger partial charge on any atom is -0.483 e. The van der Waals surface area contributed by atoms with Crippen LogP contribution in [-0.2, 0) is 4.79 Å². The molecule has 0 aliphatic heterocycles. The van der Waals surface area contributed by atoms with Gasteiger partial charge in [0, 0.05) is 9.50 Å². The predicted molar refractivity (Wildman–Crippen MR) is 123 cm³/mol. The van der Waals surface area contributed by atoms with Crippen LogP contribution in [0.5, 0.6) is 11.5 Å². The fourth-order valence-electron chi connectivity index (χ4n) is 2.58. The number of esters is 1. The van der Waals surface area contributed by atoms with Crippen LogP contribution in [0.2, 0.25) is 5.02 Å². The molecule has 0 bridgehead atoms. The molecule has 1 amide bonds. The third-order valence-electron chi connectivity index (χ3n) is 4.06. The van der Waals surface area contributed by atoms with Crippen LogP contribution in [0.3, 0.4) is 0 Å². The van der Waals surface area contributed by atoms with Gasteiger partial charge < -0.3 is 9.47 Å². The smallest absolute Gasteiger partial charge is 0.344 e. The number of carbonyl (C=O) groups is 2. The molecule has 0 aromatic heterocycles. The largest absolute Gasteiger partial charge is 0.483 e. The molecule has 8 heteroatoms. The molecule has 0 saturated carbocycles. The van der Waals surface area contributed by atoms with E-state index in [0.29, 0.717) is 32.1 Å². The van der Waals surface area contributed by atoms with E-state index in [2.05, 4.69) is 26.5 Å². The number of carbonyl (C=O) groups excluding carboxylic acids is 2. The molecule has 0 aliphatic rings. The molecule has 1 N–H and O–H groups in total. The highest BCUT2D eigenvalue weighted by Gasteiger charge is 2.12. The number of nitrogens with one attached hydrogen (secondary N) is 1. The Bertz CT molecular complexity index is 1130. The topological polar surface area (TPSA) is 77.0 Å². The highest BCUT2D eigenvalue weighted by Crippen LogP contribution is 2.22. The number of amides is 1. The van der Waals surface area contributed by atoms with E-state index in [4.69, 9.17) is 21.1 Å². The Morgan fingerprint density at radius 1 is 1.10 bits per heavy atom. The average Bonchev–Trinajstić information content (AvgIpc) is 2.73. The fraction of sp³-hybridized carbons (Fsp3) is 0.0870. The Labute approximate surface area is 193 Å². The van der Waals surface area contributed by atoms with Gasteiger partial charge in [-0.3, -0.25) is 4.79 Å². The molecule has 3 aromatic carbocycles. The molecule has 0 radical (unpaired) electrons. The van der Waals surface area contributed by atoms with Crippen molar-refractivity contribution in [1.29, 1.82) is 0 Å². The monoisotopic (exact) mass is 500 g/mol. The first-order valence-electron chi connectivity index (χ1n) is 9.20. The zero-order valence-electron chi connectivity index (χ0n) is 16.5. The first-order chi connectivity index (χ1) is 14.9. The molecular weight excluding hydrogens is 484 g/mol. The van der Waals surface area contributed by atoms with Gasteiger partial charge in [0.1, 0.15) is 11.5 Å². The molecule has 0 unspecified atom stereocenters. The lowest BCUT2D eigenvalue weighted by Crippen LogP contribution is -2.24. The van der Waals surface area contributed by atoms with Gasteiger partial charge >= 0.3 is 5.97 Å². The zero-order chi connectivity index (χ0) is 22.2. The molecule has 0 aliphatic carbocycles. The van der Waals surface area contributed by atoms with Crippen molar-refractivity contribution in [3.8, 4) is 11.5 Å². The molecule has 0 fully saturated rings. The Morgan fingerprint density at radius 2 is 1.90 bits per heavy atom. The van der Waals surface area contributed by atoms with Crippen molar-refractivity contribution >= 4 is 45.6 Å². The minimum absolute atomic E-state index is 0.191. The van der Waals surface area contributed by atoms with Crippen molar-refractivity contribution in [1.82, 2.24) is 5.43 Å². The number of hydrogen-bond donors (Lipinski definition) is 1. The molecular formula is C23H18BrClN2O4. The Morgan fingerprint density at radius 3 is 2.68 bits per heavy atom. The van der Waals surface area contributed by atoms with Crippen molar-refractivity contribution in [3.63, 3.8) is 0 Å². The number of benzene rings is 3. The Kier molecular flexibility index (Phi) is 7.81. The second kappa shape index (κ2) is 10.7. The number of rotatable bonds is 7. The third-order valence-corrected chi connectivity index (χ3v) is 4.99. The van der Waals surface area contributed by atoms with Gasteiger partial charge in [0.2, 0.25) is 0 Å². The molecule has 3 rings (SSSR count). The van der Waals surface area contributed by atoms with Crippen LogP contribution in [0.25, 0.3) is 0 Å². The predicted octanol–water partition coefficient (Wildman–Crippen LogP) is 5.16. The van der Waals surface area contributed by atoms with Crippen LogP contribution in [0.15, 0.2) is 76.3 Å². The summed E-state index contributed by atoms with van der Waals surface area (Å²) in [7, 11) is 0. The van der Waals surface area contributed by atoms with E-state index in [9.17, 15) is 9.59 Å². The maximum absolute atomic E-state index is 12.3. The van der Waals surface area contributed by atoms with Crippen molar-refractivity contribution in [2.45, 2.75) is 6.92 Å². The van der Waals surface area contributed by atoms with Gasteiger partial charge in [-0.15, -0.1) is 0 Å². The highest BCUT2D eigenvalue weighted by atomic mass is 79.9. The lowest BCUT2D eigenvalue weighted by Gasteiger charge is -2.08. The van der Waals surface area contributed by atoms with Crippen LogP contribution >= 0.6 is 27.5 Å². The summed E-state index contributed by atoms with van der Waals surface area (Å²) in [6.45, 7) is 1.65. The van der Waals surface area contributed by atoms with E-state index >= 15 is 0 Å². The molecule has 0 heterocycles. The van der Waals surface area contributed by atoms with E-state index in [0.717, 1.165) is 5.56 Å². The fourth-order valence-corrected chi connectivity index (χ4v) is 3.25. The average molecular weight is 502 g/mol. The first kappa shape index (κ1) is 22.5. The van der Waals surface area contributed by atoms with Crippen molar-refractivity contribution in [2.75, 3.05) is 6.61 Å². The summed E-state index contributed by atoms with van der Waals surface area (Å²) in [5, 5.41) is 4.51. The maximum Gasteiger partial charge on any atom is 0.344 e. The summed E-state index contributed by atoms with van der Waals surface area (Å²) in [4.78, 5) is 24.3. The molecule has 0 atom stereocenters. The summed E-state index contributed by atoms with van der Waals surface area (Å²) in [6.07, 6.45) is 1.45. The molecule has 6 nitrogen and oxygen atoms in total. The number of hydrogen-bond acceptors (Lipinski definition) is 5. The quantitative estimate of drug-likeness (QED) is 0.210. The van der Waals surface area contributed by atoms with E-state index in [1.165, 1.54) is 6.21 Å². The lowest BCUT2D eigenvalue weighted by atomic mass is 10.2. The minimum atomic E-state index is -0.482. The van der Waals surface area contributed by atoms with Crippen LogP contribution in [0, 0.1) is 6.92 Å². The van der Waals surface area contributed by atoms with E-state index in [1.54, 1.807) is 60.7 Å². The number of halogens is 2. The van der Waals surface area contributed by atoms with Crippen LogP contribution in [0.4, 0.5) is 0 Å². The number of aryl methyl sites for hydroxylation is 1. The first-order valence-corrected chi connectivity index (χ1v) is 10.4. The van der Waals surface area contributed by atoms with Gasteiger partial charge in [0.05, 0.1) is 11.8 Å². The van der Waals surface area contributed by atoms with Crippen LogP contribution in [-0.4, -0.2) is 24.7 Å². The van der Waals surface area contributed by atoms with Crippen molar-refractivity contribution < 1.29 is 19.1 Å². The summed E-state index contributed by atoms with van der Waals surface area (Å²) in [5.74, 6) is 0.0345. The van der Waals surface area contributed by atoms with Gasteiger partial charge in [0.15, 0.2) is 6.61 Å². The molecule has 31 heavy (non-hydrogen) atoms. The van der Waals surface area contributed by atoms with Crippen molar-refractivity contribution in [2.24, 2.45) is 5.10 Å². The number of hydrazone groups is 1. The summed E-state index contributed by atoms with van der Waals surface area (Å²) in [6, 6.07) is 18.9. The van der Waals surface area contributed by atoms with Crippen LogP contribution in [0.1, 0.15) is 21.5 Å². The van der Waals surface area contributed by atoms with Gasteiger partial charge in [0.25, 0.3) is 5.91 Å². The van der Waals surface area contributed by atoms with Crippen molar-refractivity contribution in [3.05, 3.63) is 92.9 Å². The Balaban J connectivity index is 1.53. The maximum atomic E-state index is 12.3. The third kappa shape index (κ3) is 6.67. The zero-order valence-corrected chi connectivity index (χ0v) is 18.8. The van der Waals surface area contributed by atoms with E-state index in [1.807, 2.05) is 13.0 Å². The lowest BCUT2D eigenvalue weighted by molar-refractivity contribution is -0.123. The van der Waals surface area contributed by atoms with Gasteiger partial charge in [-0.05, 0) is 76.4 Å². The molecule has 3 aromatic rings. The molecule has 0 spiro atoms. The Hall–Kier alpha value is -3.16. The SMILES string of the molecule is Cc1cc(Cl)ccc1OCC(=O)NN=Cc1cccc(OC(=O)c2ccccc2Br)c1. The number of nitrogens with zero attached hydrogens (tertiary/aromatic N) is 1. The van der Waals surface area contributed by atoms with E-state index < -0.39 is 11.9 Å². The second-order valence-corrected chi connectivity index (χ2v) is 7.72. The normalized spacial score (nSPS) is 10.7. The number of ether oxygens (including phenoxy) is 2. The van der Waals surface area contributed by atoms with E-state index in [-0.39, 0.29) is 6.61 Å². The standard InChI is InChI=1S/C23H18BrClN2O4/c1-15-11-17(25)9-10-21(15)30-14-22(28)27-26-13-16-5-4-6-18(12-16)31-23(29)19-7-2-3-8-20(19)24/h2-13H,14H2,1H3,(H,27,28). The van der Waals surface area contributed by atoms with Gasteiger partial charge in [-0.2, -0.15) is 5.10 Å². The second-order valence-electron chi connectivity index (χ2n) is 6.43. The molecule has 0 saturated heterocycles. The molecule has 158 valence electrons. The summed E-state index contributed by atoms with van der Waals surface area (Å²) < 4.78 is 11.5. The van der Waals surface area contributed by atoms with Crippen LogP contribution < -0.4 is 14.9 Å². The van der Waals surface area contributed by atoms with Gasteiger partial charge in [-0.25, -0.2) is 10.2 Å². The summed E-state index contributed by atoms with van der Waals surface area (Å²) >= 11 is 9.23. The highest BCUT2D eigenvalue weighted by molar-refractivity contribution is 9.10. The summed E-state index contributed by atoms with van der Waals surface area (Å²) in [5.41, 5.74) is 4.29. The van der Waals surface area contributed by atoms with Gasteiger partial charge in [-0.1, -0.05) is 35.9 Å².